The first-order valence-electron chi connectivity index (χ1n) is 5.98. The first kappa shape index (κ1) is 12.0. The molecule has 2 heterocycles. The van der Waals surface area contributed by atoms with Crippen molar-refractivity contribution < 1.29 is 4.74 Å². The molecule has 90 valence electrons. The van der Waals surface area contributed by atoms with E-state index in [2.05, 4.69) is 19.2 Å². The summed E-state index contributed by atoms with van der Waals surface area (Å²) in [6.07, 6.45) is 2.90. The quantitative estimate of drug-likeness (QED) is 0.883. The maximum atomic E-state index is 6.40. The van der Waals surface area contributed by atoms with Crippen LogP contribution in [0, 0.1) is 0 Å². The Labute approximate surface area is 101 Å². The molecule has 1 unspecified atom stereocenters. The van der Waals surface area contributed by atoms with Gasteiger partial charge in [-0.3, -0.25) is 0 Å². The summed E-state index contributed by atoms with van der Waals surface area (Å²) in [7, 11) is 0. The summed E-state index contributed by atoms with van der Waals surface area (Å²) in [5, 5.41) is 3.35. The van der Waals surface area contributed by atoms with E-state index in [1.165, 1.54) is 5.01 Å². The Morgan fingerprint density at radius 1 is 1.56 bits per heavy atom. The minimum absolute atomic E-state index is 0.250. The lowest BCUT2D eigenvalue weighted by molar-refractivity contribution is 0.0509. The van der Waals surface area contributed by atoms with Crippen LogP contribution in [0.1, 0.15) is 49.7 Å². The van der Waals surface area contributed by atoms with Gasteiger partial charge in [0.05, 0.1) is 16.2 Å². The van der Waals surface area contributed by atoms with E-state index >= 15 is 0 Å². The highest BCUT2D eigenvalue weighted by Crippen LogP contribution is 2.32. The van der Waals surface area contributed by atoms with Crippen molar-refractivity contribution in [3.8, 4) is 0 Å². The highest BCUT2D eigenvalue weighted by Gasteiger charge is 2.32. The second kappa shape index (κ2) is 4.82. The number of thiazole rings is 1. The molecule has 4 heteroatoms. The predicted molar refractivity (Wildman–Crippen MR) is 66.7 cm³/mol. The van der Waals surface area contributed by atoms with Crippen LogP contribution in [0.5, 0.6) is 0 Å². The fraction of sp³-hybridized carbons (Fsp3) is 0.750. The lowest BCUT2D eigenvalue weighted by Gasteiger charge is -2.31. The molecule has 1 saturated heterocycles. The number of nitrogens with zero attached hydrogens (tertiary/aromatic N) is 1. The number of hydrogen-bond donors (Lipinski definition) is 1. The van der Waals surface area contributed by atoms with Gasteiger partial charge in [0.15, 0.2) is 0 Å². The molecule has 2 rings (SSSR count). The summed E-state index contributed by atoms with van der Waals surface area (Å²) in [6, 6.07) is 0. The summed E-state index contributed by atoms with van der Waals surface area (Å²) in [4.78, 5) is 4.71. The summed E-state index contributed by atoms with van der Waals surface area (Å²) in [5.41, 5.74) is 7.22. The maximum Gasteiger partial charge on any atom is 0.0957 e. The van der Waals surface area contributed by atoms with Gasteiger partial charge in [-0.2, -0.15) is 0 Å². The van der Waals surface area contributed by atoms with Crippen molar-refractivity contribution in [1.29, 1.82) is 0 Å². The van der Waals surface area contributed by atoms with Crippen molar-refractivity contribution in [1.82, 2.24) is 4.98 Å². The fourth-order valence-corrected chi connectivity index (χ4v) is 2.98. The third-order valence-corrected chi connectivity index (χ3v) is 4.53. The number of rotatable bonds is 3. The standard InChI is InChI=1S/C12H20N2OS/c1-3-9(2)11-14-10(8-16-11)12(13)4-6-15-7-5-12/h8-9H,3-7,13H2,1-2H3. The topological polar surface area (TPSA) is 48.1 Å². The zero-order chi connectivity index (χ0) is 11.6. The lowest BCUT2D eigenvalue weighted by Crippen LogP contribution is -2.42. The molecule has 0 aliphatic carbocycles. The number of ether oxygens (including phenoxy) is 1. The molecule has 3 nitrogen and oxygen atoms in total. The van der Waals surface area contributed by atoms with E-state index in [1.807, 2.05) is 0 Å². The SMILES string of the molecule is CCC(C)c1nc(C2(N)CCOCC2)cs1. The van der Waals surface area contributed by atoms with E-state index in [0.29, 0.717) is 5.92 Å². The summed E-state index contributed by atoms with van der Waals surface area (Å²) in [6.45, 7) is 5.92. The van der Waals surface area contributed by atoms with Crippen LogP contribution in [-0.2, 0) is 10.3 Å². The minimum Gasteiger partial charge on any atom is -0.381 e. The number of aromatic nitrogens is 1. The molecule has 1 aliphatic rings. The Morgan fingerprint density at radius 2 is 2.25 bits per heavy atom. The van der Waals surface area contributed by atoms with Crippen LogP contribution in [0.25, 0.3) is 0 Å². The Kier molecular flexibility index (Phi) is 3.62. The van der Waals surface area contributed by atoms with E-state index in [-0.39, 0.29) is 5.54 Å². The lowest BCUT2D eigenvalue weighted by atomic mass is 9.88. The normalized spacial score (nSPS) is 21.9. The molecule has 0 aromatic carbocycles. The molecule has 0 amide bonds. The summed E-state index contributed by atoms with van der Waals surface area (Å²) < 4.78 is 5.36. The van der Waals surface area contributed by atoms with E-state index < -0.39 is 0 Å². The summed E-state index contributed by atoms with van der Waals surface area (Å²) >= 11 is 1.74. The van der Waals surface area contributed by atoms with Gasteiger partial charge in [-0.1, -0.05) is 13.8 Å². The van der Waals surface area contributed by atoms with Gasteiger partial charge < -0.3 is 10.5 Å². The Morgan fingerprint density at radius 3 is 2.88 bits per heavy atom. The molecule has 1 atom stereocenters. The van der Waals surface area contributed by atoms with Gasteiger partial charge in [-0.05, 0) is 19.3 Å². The van der Waals surface area contributed by atoms with E-state index in [1.54, 1.807) is 11.3 Å². The van der Waals surface area contributed by atoms with Crippen LogP contribution >= 0.6 is 11.3 Å². The van der Waals surface area contributed by atoms with Crippen molar-refractivity contribution in [3.63, 3.8) is 0 Å². The molecule has 1 fully saturated rings. The van der Waals surface area contributed by atoms with Crippen molar-refractivity contribution in [2.24, 2.45) is 5.73 Å². The van der Waals surface area contributed by atoms with Crippen molar-refractivity contribution in [3.05, 3.63) is 16.1 Å². The van der Waals surface area contributed by atoms with Crippen LogP contribution in [0.3, 0.4) is 0 Å². The second-order valence-electron chi connectivity index (χ2n) is 4.65. The summed E-state index contributed by atoms with van der Waals surface area (Å²) in [5.74, 6) is 0.544. The van der Waals surface area contributed by atoms with E-state index in [0.717, 1.165) is 38.2 Å². The Bertz CT molecular complexity index is 345. The maximum absolute atomic E-state index is 6.40. The van der Waals surface area contributed by atoms with Gasteiger partial charge in [0.2, 0.25) is 0 Å². The largest absolute Gasteiger partial charge is 0.381 e. The first-order valence-corrected chi connectivity index (χ1v) is 6.86. The molecule has 1 aromatic heterocycles. The first-order chi connectivity index (χ1) is 7.65. The molecule has 1 aliphatic heterocycles. The molecular formula is C12H20N2OS. The van der Waals surface area contributed by atoms with Crippen LogP contribution in [0.2, 0.25) is 0 Å². The molecule has 0 bridgehead atoms. The Hall–Kier alpha value is -0.450. The third-order valence-electron chi connectivity index (χ3n) is 3.45. The van der Waals surface area contributed by atoms with Crippen LogP contribution in [-0.4, -0.2) is 18.2 Å². The highest BCUT2D eigenvalue weighted by atomic mass is 32.1. The van der Waals surface area contributed by atoms with Crippen molar-refractivity contribution >= 4 is 11.3 Å². The number of nitrogens with two attached hydrogens (primary N) is 1. The smallest absolute Gasteiger partial charge is 0.0957 e. The monoisotopic (exact) mass is 240 g/mol. The third kappa shape index (κ3) is 2.29. The van der Waals surface area contributed by atoms with Gasteiger partial charge in [-0.15, -0.1) is 11.3 Å². The molecule has 2 N–H and O–H groups in total. The molecule has 16 heavy (non-hydrogen) atoms. The van der Waals surface area contributed by atoms with Gasteiger partial charge in [0, 0.05) is 24.5 Å². The Balaban J connectivity index is 2.17. The molecular weight excluding hydrogens is 220 g/mol. The highest BCUT2D eigenvalue weighted by molar-refractivity contribution is 7.09. The van der Waals surface area contributed by atoms with Gasteiger partial charge >= 0.3 is 0 Å². The second-order valence-corrected chi connectivity index (χ2v) is 5.54. The minimum atomic E-state index is -0.250. The van der Waals surface area contributed by atoms with Crippen molar-refractivity contribution in [2.45, 2.75) is 44.6 Å². The zero-order valence-electron chi connectivity index (χ0n) is 10.0. The van der Waals surface area contributed by atoms with Crippen LogP contribution in [0.4, 0.5) is 0 Å². The molecule has 0 saturated carbocycles. The van der Waals surface area contributed by atoms with Crippen LogP contribution < -0.4 is 5.73 Å². The van der Waals surface area contributed by atoms with E-state index in [9.17, 15) is 0 Å². The van der Waals surface area contributed by atoms with Crippen LogP contribution in [0.15, 0.2) is 5.38 Å². The van der Waals surface area contributed by atoms with E-state index in [4.69, 9.17) is 15.5 Å². The molecule has 0 radical (unpaired) electrons. The molecule has 0 spiro atoms. The van der Waals surface area contributed by atoms with Crippen molar-refractivity contribution in [2.75, 3.05) is 13.2 Å². The van der Waals surface area contributed by atoms with Gasteiger partial charge in [0.1, 0.15) is 0 Å². The average molecular weight is 240 g/mol. The fourth-order valence-electron chi connectivity index (χ4n) is 1.91. The number of hydrogen-bond acceptors (Lipinski definition) is 4. The molecule has 1 aromatic rings. The predicted octanol–water partition coefficient (Wildman–Crippen LogP) is 2.62. The average Bonchev–Trinajstić information content (AvgIpc) is 2.79. The zero-order valence-corrected chi connectivity index (χ0v) is 10.8. The van der Waals surface area contributed by atoms with Gasteiger partial charge in [0.25, 0.3) is 0 Å². The van der Waals surface area contributed by atoms with Gasteiger partial charge in [-0.25, -0.2) is 4.98 Å².